The first-order valence-corrected chi connectivity index (χ1v) is 8.46. The van der Waals surface area contributed by atoms with Crippen LogP contribution in [0, 0.1) is 6.92 Å². The van der Waals surface area contributed by atoms with Crippen molar-refractivity contribution in [2.45, 2.75) is 43.1 Å². The molecule has 0 bridgehead atoms. The zero-order valence-corrected chi connectivity index (χ0v) is 12.5. The Hall–Kier alpha value is -1.40. The Bertz CT molecular complexity index is 631. The molecule has 0 aliphatic heterocycles. The van der Waals surface area contributed by atoms with E-state index in [1.807, 2.05) is 0 Å². The van der Waals surface area contributed by atoms with Crippen molar-refractivity contribution in [1.29, 1.82) is 0 Å². The quantitative estimate of drug-likeness (QED) is 0.888. The highest BCUT2D eigenvalue weighted by Crippen LogP contribution is 2.31. The van der Waals surface area contributed by atoms with Crippen molar-refractivity contribution < 1.29 is 18.3 Å². The molecular formula is C14H19NO4S. The van der Waals surface area contributed by atoms with Gasteiger partial charge in [0.25, 0.3) is 5.91 Å². The number of benzene rings is 1. The van der Waals surface area contributed by atoms with Crippen molar-refractivity contribution in [3.63, 3.8) is 0 Å². The first-order chi connectivity index (χ1) is 9.22. The number of anilines is 1. The molecule has 1 fully saturated rings. The van der Waals surface area contributed by atoms with Crippen LogP contribution in [-0.4, -0.2) is 31.3 Å². The predicted molar refractivity (Wildman–Crippen MR) is 76.3 cm³/mol. The Morgan fingerprint density at radius 3 is 2.45 bits per heavy atom. The lowest BCUT2D eigenvalue weighted by molar-refractivity contribution is -0.133. The van der Waals surface area contributed by atoms with E-state index in [9.17, 15) is 18.3 Å². The summed E-state index contributed by atoms with van der Waals surface area (Å²) in [7, 11) is -3.34. The highest BCUT2D eigenvalue weighted by Gasteiger charge is 2.38. The molecule has 1 amide bonds. The molecule has 1 aliphatic carbocycles. The van der Waals surface area contributed by atoms with Crippen molar-refractivity contribution in [3.05, 3.63) is 23.8 Å². The van der Waals surface area contributed by atoms with Gasteiger partial charge in [0.2, 0.25) is 0 Å². The summed E-state index contributed by atoms with van der Waals surface area (Å²) in [5, 5.41) is 12.8. The first kappa shape index (κ1) is 15.0. The number of sulfone groups is 1. The molecule has 1 saturated carbocycles. The second-order valence-corrected chi connectivity index (χ2v) is 7.43. The summed E-state index contributed by atoms with van der Waals surface area (Å²) < 4.78 is 23.3. The highest BCUT2D eigenvalue weighted by atomic mass is 32.2. The summed E-state index contributed by atoms with van der Waals surface area (Å²) in [6.07, 6.45) is 3.68. The molecule has 1 aromatic rings. The molecule has 0 saturated heterocycles. The van der Waals surface area contributed by atoms with E-state index in [4.69, 9.17) is 0 Å². The van der Waals surface area contributed by atoms with Gasteiger partial charge in [-0.25, -0.2) is 8.42 Å². The Labute approximate surface area is 118 Å². The van der Waals surface area contributed by atoms with E-state index in [0.717, 1.165) is 19.1 Å². The van der Waals surface area contributed by atoms with Crippen LogP contribution >= 0.6 is 0 Å². The number of aliphatic hydroxyl groups is 1. The van der Waals surface area contributed by atoms with Gasteiger partial charge in [-0.15, -0.1) is 0 Å². The molecule has 2 N–H and O–H groups in total. The number of carbonyl (C=O) groups is 1. The molecule has 110 valence electrons. The summed E-state index contributed by atoms with van der Waals surface area (Å²) in [6, 6.07) is 4.71. The van der Waals surface area contributed by atoms with Crippen molar-refractivity contribution in [1.82, 2.24) is 0 Å². The van der Waals surface area contributed by atoms with Gasteiger partial charge in [-0.05, 0) is 50.3 Å². The van der Waals surface area contributed by atoms with E-state index in [-0.39, 0.29) is 4.90 Å². The van der Waals surface area contributed by atoms with Crippen molar-refractivity contribution in [2.24, 2.45) is 0 Å². The summed E-state index contributed by atoms with van der Waals surface area (Å²) in [6.45, 7) is 1.70. The molecular weight excluding hydrogens is 278 g/mol. The summed E-state index contributed by atoms with van der Waals surface area (Å²) >= 11 is 0. The summed E-state index contributed by atoms with van der Waals surface area (Å²) in [5.41, 5.74) is -0.303. The largest absolute Gasteiger partial charge is 0.380 e. The van der Waals surface area contributed by atoms with Gasteiger partial charge in [0.1, 0.15) is 5.60 Å². The second-order valence-electron chi connectivity index (χ2n) is 5.45. The zero-order valence-electron chi connectivity index (χ0n) is 11.6. The lowest BCUT2D eigenvalue weighted by Gasteiger charge is -2.21. The van der Waals surface area contributed by atoms with Crippen molar-refractivity contribution >= 4 is 21.4 Å². The second kappa shape index (κ2) is 5.18. The zero-order chi connectivity index (χ0) is 15.0. The van der Waals surface area contributed by atoms with E-state index in [0.29, 0.717) is 24.1 Å². The number of amides is 1. The van der Waals surface area contributed by atoms with E-state index >= 15 is 0 Å². The van der Waals surface area contributed by atoms with Crippen LogP contribution in [0.3, 0.4) is 0 Å². The Balaban J connectivity index is 2.25. The minimum atomic E-state index is -3.34. The number of hydrogen-bond donors (Lipinski definition) is 2. The van der Waals surface area contributed by atoms with Gasteiger partial charge in [-0.2, -0.15) is 0 Å². The maximum absolute atomic E-state index is 12.1. The lowest BCUT2D eigenvalue weighted by Crippen LogP contribution is -2.40. The van der Waals surface area contributed by atoms with Gasteiger partial charge in [-0.1, -0.05) is 6.07 Å². The average molecular weight is 297 g/mol. The lowest BCUT2D eigenvalue weighted by atomic mass is 10.0. The van der Waals surface area contributed by atoms with Gasteiger partial charge in [0.05, 0.1) is 4.90 Å². The van der Waals surface area contributed by atoms with Crippen LogP contribution in [0.2, 0.25) is 0 Å². The predicted octanol–water partition coefficient (Wildman–Crippen LogP) is 1.64. The number of carbonyl (C=O) groups excluding carboxylic acids is 1. The van der Waals surface area contributed by atoms with Crippen molar-refractivity contribution in [3.8, 4) is 0 Å². The number of nitrogens with one attached hydrogen (secondary N) is 1. The van der Waals surface area contributed by atoms with Gasteiger partial charge in [0, 0.05) is 11.9 Å². The molecule has 0 aromatic heterocycles. The third-order valence-corrected chi connectivity index (χ3v) is 4.94. The average Bonchev–Trinajstić information content (AvgIpc) is 2.78. The molecule has 20 heavy (non-hydrogen) atoms. The van der Waals surface area contributed by atoms with Crippen LogP contribution in [0.25, 0.3) is 0 Å². The van der Waals surface area contributed by atoms with Gasteiger partial charge in [-0.3, -0.25) is 4.79 Å². The fourth-order valence-electron chi connectivity index (χ4n) is 2.51. The maximum Gasteiger partial charge on any atom is 0.256 e. The summed E-state index contributed by atoms with van der Waals surface area (Å²) in [4.78, 5) is 12.3. The van der Waals surface area contributed by atoms with Gasteiger partial charge in [0.15, 0.2) is 9.84 Å². The van der Waals surface area contributed by atoms with E-state index in [2.05, 4.69) is 5.32 Å². The minimum absolute atomic E-state index is 0.189. The molecule has 5 nitrogen and oxygen atoms in total. The van der Waals surface area contributed by atoms with Crippen molar-refractivity contribution in [2.75, 3.05) is 11.6 Å². The van der Waals surface area contributed by atoms with Gasteiger partial charge < -0.3 is 10.4 Å². The van der Waals surface area contributed by atoms with Crippen LogP contribution in [0.5, 0.6) is 0 Å². The van der Waals surface area contributed by atoms with Crippen LogP contribution in [0.15, 0.2) is 23.1 Å². The molecule has 2 rings (SSSR count). The minimum Gasteiger partial charge on any atom is -0.380 e. The molecule has 0 heterocycles. The smallest absolute Gasteiger partial charge is 0.256 e. The standard InChI is InChI=1S/C14H19NO4S/c1-10-5-6-11(9-12(10)20(2,18)19)15-13(16)14(17)7-3-4-8-14/h5-6,9,17H,3-4,7-8H2,1-2H3,(H,15,16). The fourth-order valence-corrected chi connectivity index (χ4v) is 3.51. The fraction of sp³-hybridized carbons (Fsp3) is 0.500. The number of hydrogen-bond acceptors (Lipinski definition) is 4. The molecule has 0 atom stereocenters. The Kier molecular flexibility index (Phi) is 3.88. The normalized spacial score (nSPS) is 17.9. The molecule has 0 unspecified atom stereocenters. The molecule has 0 radical (unpaired) electrons. The van der Waals surface area contributed by atoms with E-state index in [1.54, 1.807) is 19.1 Å². The Morgan fingerprint density at radius 2 is 1.90 bits per heavy atom. The monoisotopic (exact) mass is 297 g/mol. The maximum atomic E-state index is 12.1. The molecule has 6 heteroatoms. The third-order valence-electron chi connectivity index (χ3n) is 3.70. The third kappa shape index (κ3) is 3.02. The topological polar surface area (TPSA) is 83.5 Å². The molecule has 1 aliphatic rings. The van der Waals surface area contributed by atoms with E-state index < -0.39 is 21.3 Å². The first-order valence-electron chi connectivity index (χ1n) is 6.57. The number of rotatable bonds is 3. The number of aryl methyl sites for hydroxylation is 1. The van der Waals surface area contributed by atoms with Crippen LogP contribution < -0.4 is 5.32 Å². The highest BCUT2D eigenvalue weighted by molar-refractivity contribution is 7.90. The van der Waals surface area contributed by atoms with Crippen LogP contribution in [0.4, 0.5) is 5.69 Å². The summed E-state index contributed by atoms with van der Waals surface area (Å²) in [5.74, 6) is -0.460. The SMILES string of the molecule is Cc1ccc(NC(=O)C2(O)CCCC2)cc1S(C)(=O)=O. The van der Waals surface area contributed by atoms with Gasteiger partial charge >= 0.3 is 0 Å². The van der Waals surface area contributed by atoms with E-state index in [1.165, 1.54) is 6.07 Å². The van der Waals surface area contributed by atoms with Crippen LogP contribution in [-0.2, 0) is 14.6 Å². The molecule has 0 spiro atoms. The Morgan fingerprint density at radius 1 is 1.30 bits per heavy atom. The van der Waals surface area contributed by atoms with Crippen LogP contribution in [0.1, 0.15) is 31.2 Å². The molecule has 1 aromatic carbocycles.